The number of piperidine rings is 2. The number of fused-ring (bicyclic) bond motifs is 1. The molecular formula is C27H28FN7O3. The topological polar surface area (TPSA) is 110 Å². The molecule has 0 unspecified atom stereocenters. The average Bonchev–Trinajstić information content (AvgIpc) is 3.59. The van der Waals surface area contributed by atoms with Crippen LogP contribution in [0.4, 0.5) is 10.3 Å². The minimum atomic E-state index is -1.87. The van der Waals surface area contributed by atoms with Crippen molar-refractivity contribution in [3.05, 3.63) is 65.5 Å². The van der Waals surface area contributed by atoms with Crippen molar-refractivity contribution >= 4 is 23.0 Å². The van der Waals surface area contributed by atoms with Crippen LogP contribution in [-0.4, -0.2) is 67.1 Å². The lowest BCUT2D eigenvalue weighted by Gasteiger charge is -2.40. The molecule has 4 aromatic rings. The fourth-order valence-corrected chi connectivity index (χ4v) is 5.56. The summed E-state index contributed by atoms with van der Waals surface area (Å²) >= 11 is 0. The molecule has 38 heavy (non-hydrogen) atoms. The summed E-state index contributed by atoms with van der Waals surface area (Å²) < 4.78 is 23.3. The van der Waals surface area contributed by atoms with Gasteiger partial charge in [0, 0.05) is 68.7 Å². The molecule has 2 aliphatic rings. The Morgan fingerprint density at radius 3 is 2.53 bits per heavy atom. The third kappa shape index (κ3) is 4.58. The van der Waals surface area contributed by atoms with Crippen molar-refractivity contribution in [2.75, 3.05) is 26.2 Å². The maximum atomic E-state index is 15.9. The number of amides is 1. The second-order valence-electron chi connectivity index (χ2n) is 9.96. The van der Waals surface area contributed by atoms with Gasteiger partial charge in [0.25, 0.3) is 11.8 Å². The van der Waals surface area contributed by atoms with E-state index in [0.29, 0.717) is 51.3 Å². The average molecular weight is 518 g/mol. The van der Waals surface area contributed by atoms with Crippen molar-refractivity contribution in [1.82, 2.24) is 29.3 Å². The molecule has 2 fully saturated rings. The van der Waals surface area contributed by atoms with Crippen molar-refractivity contribution in [1.29, 1.82) is 0 Å². The smallest absolute Gasteiger partial charge is 0.260 e. The number of furan rings is 1. The van der Waals surface area contributed by atoms with Gasteiger partial charge in [0.2, 0.25) is 0 Å². The van der Waals surface area contributed by atoms with Gasteiger partial charge in [0.05, 0.1) is 6.54 Å². The number of alkyl halides is 1. The van der Waals surface area contributed by atoms with Gasteiger partial charge in [0.1, 0.15) is 17.0 Å². The third-order valence-corrected chi connectivity index (χ3v) is 7.61. The first-order chi connectivity index (χ1) is 18.5. The summed E-state index contributed by atoms with van der Waals surface area (Å²) in [6.07, 6.45) is 5.12. The van der Waals surface area contributed by atoms with Crippen molar-refractivity contribution in [3.63, 3.8) is 0 Å². The van der Waals surface area contributed by atoms with Crippen molar-refractivity contribution < 1.29 is 13.6 Å². The van der Waals surface area contributed by atoms with Crippen LogP contribution in [0.3, 0.4) is 0 Å². The van der Waals surface area contributed by atoms with E-state index >= 15 is 4.39 Å². The SMILES string of the molecule is O=Nc1ccc(CN2CCC(F)(C(=O)N3CCC(n4c(-c5ccccn5)nc5cccnc54)CC3)CC2)o1. The van der Waals surface area contributed by atoms with E-state index in [1.807, 2.05) is 35.2 Å². The molecule has 1 amide bonds. The van der Waals surface area contributed by atoms with Gasteiger partial charge in [-0.15, -0.1) is 4.91 Å². The predicted molar refractivity (Wildman–Crippen MR) is 138 cm³/mol. The van der Waals surface area contributed by atoms with Gasteiger partial charge in [0.15, 0.2) is 17.1 Å². The van der Waals surface area contributed by atoms with E-state index in [4.69, 9.17) is 9.40 Å². The highest BCUT2D eigenvalue weighted by Gasteiger charge is 2.45. The highest BCUT2D eigenvalue weighted by Crippen LogP contribution is 2.35. The molecule has 11 heteroatoms. The minimum Gasteiger partial charge on any atom is -0.440 e. The first kappa shape index (κ1) is 24.4. The molecule has 0 bridgehead atoms. The van der Waals surface area contributed by atoms with E-state index in [0.717, 1.165) is 22.7 Å². The Labute approximate surface area is 218 Å². The Hall–Kier alpha value is -3.99. The Kier molecular flexibility index (Phi) is 6.44. The van der Waals surface area contributed by atoms with Gasteiger partial charge in [-0.1, -0.05) is 6.07 Å². The molecule has 10 nitrogen and oxygen atoms in total. The van der Waals surface area contributed by atoms with Crippen LogP contribution in [-0.2, 0) is 11.3 Å². The molecular weight excluding hydrogens is 489 g/mol. The minimum absolute atomic E-state index is 0.0297. The standard InChI is InChI=1S/C27H28FN7O3/c28-27(10-16-33(17-11-27)18-20-6-7-23(32-37)38-20)26(36)34-14-8-19(9-15-34)35-24-22(5-3-13-30-24)31-25(35)21-4-1-2-12-29-21/h1-7,12-13,19H,8-11,14-18H2. The van der Waals surface area contributed by atoms with E-state index in [-0.39, 0.29) is 24.8 Å². The predicted octanol–water partition coefficient (Wildman–Crippen LogP) is 4.65. The number of carbonyl (C=O) groups is 1. The number of halogens is 1. The molecule has 6 rings (SSSR count). The molecule has 0 saturated carbocycles. The van der Waals surface area contributed by atoms with Gasteiger partial charge < -0.3 is 13.9 Å². The number of likely N-dealkylation sites (tertiary alicyclic amines) is 2. The van der Waals surface area contributed by atoms with Gasteiger partial charge in [-0.25, -0.2) is 14.4 Å². The van der Waals surface area contributed by atoms with Crippen LogP contribution >= 0.6 is 0 Å². The highest BCUT2D eigenvalue weighted by atomic mass is 19.1. The fourth-order valence-electron chi connectivity index (χ4n) is 5.56. The Bertz CT molecular complexity index is 1440. The summed E-state index contributed by atoms with van der Waals surface area (Å²) in [5, 5.41) is 2.78. The Balaban J connectivity index is 1.11. The van der Waals surface area contributed by atoms with Gasteiger partial charge in [-0.3, -0.25) is 14.7 Å². The number of rotatable bonds is 6. The molecule has 0 aromatic carbocycles. The van der Waals surface area contributed by atoms with Crippen molar-refractivity contribution in [2.24, 2.45) is 5.18 Å². The molecule has 0 spiro atoms. The number of nitroso groups, excluding NO2 is 1. The van der Waals surface area contributed by atoms with E-state index in [1.54, 1.807) is 23.4 Å². The quantitative estimate of drug-likeness (QED) is 0.342. The van der Waals surface area contributed by atoms with Gasteiger partial charge in [-0.2, -0.15) is 0 Å². The summed E-state index contributed by atoms with van der Waals surface area (Å²) in [4.78, 5) is 41.5. The summed E-state index contributed by atoms with van der Waals surface area (Å²) in [5.74, 6) is 0.971. The molecule has 196 valence electrons. The zero-order chi connectivity index (χ0) is 26.1. The number of hydrogen-bond acceptors (Lipinski definition) is 8. The molecule has 6 heterocycles. The summed E-state index contributed by atoms with van der Waals surface area (Å²) in [6, 6.07) is 12.8. The van der Waals surface area contributed by atoms with Gasteiger partial charge >= 0.3 is 0 Å². The van der Waals surface area contributed by atoms with Crippen LogP contribution in [0.2, 0.25) is 0 Å². The number of pyridine rings is 2. The number of aromatic nitrogens is 4. The van der Waals surface area contributed by atoms with Crippen LogP contribution in [0.5, 0.6) is 0 Å². The lowest BCUT2D eigenvalue weighted by molar-refractivity contribution is -0.149. The maximum absolute atomic E-state index is 15.9. The zero-order valence-electron chi connectivity index (χ0n) is 20.9. The van der Waals surface area contributed by atoms with E-state index in [9.17, 15) is 9.70 Å². The number of carbonyl (C=O) groups excluding carboxylic acids is 1. The van der Waals surface area contributed by atoms with Crippen LogP contribution in [0.15, 0.2) is 64.5 Å². The van der Waals surface area contributed by atoms with Crippen LogP contribution in [0.25, 0.3) is 22.7 Å². The van der Waals surface area contributed by atoms with Crippen LogP contribution in [0.1, 0.15) is 37.5 Å². The van der Waals surface area contributed by atoms with E-state index < -0.39 is 11.6 Å². The van der Waals surface area contributed by atoms with Crippen molar-refractivity contribution in [3.8, 4) is 11.5 Å². The molecule has 0 radical (unpaired) electrons. The zero-order valence-corrected chi connectivity index (χ0v) is 20.9. The second-order valence-corrected chi connectivity index (χ2v) is 9.96. The largest absolute Gasteiger partial charge is 0.440 e. The summed E-state index contributed by atoms with van der Waals surface area (Å²) in [5.41, 5.74) is 0.491. The first-order valence-electron chi connectivity index (χ1n) is 12.9. The fraction of sp³-hybridized carbons (Fsp3) is 0.407. The molecule has 0 N–H and O–H groups in total. The van der Waals surface area contributed by atoms with Crippen LogP contribution < -0.4 is 0 Å². The molecule has 2 aliphatic heterocycles. The number of nitrogens with zero attached hydrogens (tertiary/aromatic N) is 7. The highest BCUT2D eigenvalue weighted by molar-refractivity contribution is 5.85. The monoisotopic (exact) mass is 517 g/mol. The van der Waals surface area contributed by atoms with Crippen LogP contribution in [0, 0.1) is 4.91 Å². The summed E-state index contributed by atoms with van der Waals surface area (Å²) in [7, 11) is 0. The van der Waals surface area contributed by atoms with Crippen molar-refractivity contribution in [2.45, 2.75) is 43.9 Å². The summed E-state index contributed by atoms with van der Waals surface area (Å²) in [6.45, 7) is 2.27. The molecule has 0 atom stereocenters. The lowest BCUT2D eigenvalue weighted by Crippen LogP contribution is -2.53. The Morgan fingerprint density at radius 1 is 1.03 bits per heavy atom. The first-order valence-corrected chi connectivity index (χ1v) is 12.9. The number of hydrogen-bond donors (Lipinski definition) is 0. The second kappa shape index (κ2) is 10.1. The Morgan fingerprint density at radius 2 is 1.82 bits per heavy atom. The molecule has 2 saturated heterocycles. The third-order valence-electron chi connectivity index (χ3n) is 7.61. The molecule has 4 aromatic heterocycles. The van der Waals surface area contributed by atoms with Gasteiger partial charge in [-0.05, 0) is 43.2 Å². The normalized spacial score (nSPS) is 18.6. The lowest BCUT2D eigenvalue weighted by atomic mass is 9.90. The van der Waals surface area contributed by atoms with E-state index in [1.165, 1.54) is 6.07 Å². The number of imidazole rings is 1. The maximum Gasteiger partial charge on any atom is 0.260 e. The molecule has 0 aliphatic carbocycles. The van der Waals surface area contributed by atoms with E-state index in [2.05, 4.69) is 19.7 Å².